The number of hydrogen-bond acceptors (Lipinski definition) is 1. The van der Waals surface area contributed by atoms with E-state index in [1.165, 1.54) is 5.56 Å². The van der Waals surface area contributed by atoms with Crippen molar-refractivity contribution in [1.29, 1.82) is 0 Å². The summed E-state index contributed by atoms with van der Waals surface area (Å²) in [6.07, 6.45) is 2.79. The van der Waals surface area contributed by atoms with Gasteiger partial charge in [0.1, 0.15) is 11.2 Å². The molecule has 50 valence electrons. The standard InChI is InChI=1S/C9H8O/c1-2-3-7-6-8-4-5-9(7)10-8/h2,4-6H,1,3H2. The molecule has 0 N–H and O–H groups in total. The van der Waals surface area contributed by atoms with Gasteiger partial charge in [-0.2, -0.15) is 0 Å². The largest absolute Gasteiger partial charge is 0.457 e. The predicted octanol–water partition coefficient (Wildman–Crippen LogP) is 2.60. The number of allylic oxidation sites excluding steroid dienone is 1. The fourth-order valence-electron chi connectivity index (χ4n) is 1.16. The van der Waals surface area contributed by atoms with Crippen LogP contribution in [-0.2, 0) is 6.42 Å². The van der Waals surface area contributed by atoms with E-state index in [-0.39, 0.29) is 0 Å². The minimum absolute atomic E-state index is 0.906. The highest BCUT2D eigenvalue weighted by Gasteiger charge is 2.03. The molecule has 2 heterocycles. The molecule has 2 bridgehead atoms. The van der Waals surface area contributed by atoms with E-state index in [1.54, 1.807) is 0 Å². The average Bonchev–Trinajstić information content (AvgIpc) is 2.48. The first-order valence-corrected chi connectivity index (χ1v) is 3.32. The smallest absolute Gasteiger partial charge is 0.131 e. The Hall–Kier alpha value is -1.24. The van der Waals surface area contributed by atoms with Gasteiger partial charge in [-0.05, 0) is 24.6 Å². The molecular formula is C9H8O. The van der Waals surface area contributed by atoms with Crippen LogP contribution in [0.1, 0.15) is 5.56 Å². The van der Waals surface area contributed by atoms with Crippen LogP contribution in [0.2, 0.25) is 0 Å². The molecule has 0 saturated heterocycles. The van der Waals surface area contributed by atoms with Gasteiger partial charge in [0.25, 0.3) is 0 Å². The van der Waals surface area contributed by atoms with Crippen LogP contribution >= 0.6 is 0 Å². The van der Waals surface area contributed by atoms with Crippen molar-refractivity contribution in [3.05, 3.63) is 36.4 Å². The zero-order valence-corrected chi connectivity index (χ0v) is 5.63. The highest BCUT2D eigenvalue weighted by atomic mass is 16.3. The second-order valence-corrected chi connectivity index (χ2v) is 2.36. The lowest BCUT2D eigenvalue weighted by Crippen LogP contribution is -1.74. The molecule has 0 aliphatic carbocycles. The molecule has 0 aliphatic rings. The molecule has 0 radical (unpaired) electrons. The molecule has 0 unspecified atom stereocenters. The van der Waals surface area contributed by atoms with Crippen molar-refractivity contribution in [2.24, 2.45) is 0 Å². The van der Waals surface area contributed by atoms with E-state index in [4.69, 9.17) is 4.42 Å². The molecule has 0 saturated carbocycles. The Bertz CT molecular complexity index is 332. The number of furan rings is 2. The molecule has 0 fully saturated rings. The van der Waals surface area contributed by atoms with E-state index in [0.717, 1.165) is 17.6 Å². The van der Waals surface area contributed by atoms with Crippen molar-refractivity contribution in [2.75, 3.05) is 0 Å². The molecule has 1 heteroatoms. The van der Waals surface area contributed by atoms with Crippen LogP contribution in [-0.4, -0.2) is 0 Å². The van der Waals surface area contributed by atoms with Gasteiger partial charge in [0.15, 0.2) is 0 Å². The van der Waals surface area contributed by atoms with Gasteiger partial charge >= 0.3 is 0 Å². The van der Waals surface area contributed by atoms with Crippen LogP contribution in [0.5, 0.6) is 0 Å². The first kappa shape index (κ1) is 5.54. The summed E-state index contributed by atoms with van der Waals surface area (Å²) in [5.41, 5.74) is 3.20. The van der Waals surface area contributed by atoms with Gasteiger partial charge in [0.2, 0.25) is 0 Å². The molecular weight excluding hydrogens is 124 g/mol. The van der Waals surface area contributed by atoms with Gasteiger partial charge in [-0.1, -0.05) is 6.08 Å². The monoisotopic (exact) mass is 132 g/mol. The van der Waals surface area contributed by atoms with Crippen molar-refractivity contribution in [3.8, 4) is 0 Å². The molecule has 1 nitrogen and oxygen atoms in total. The van der Waals surface area contributed by atoms with Gasteiger partial charge in [0, 0.05) is 5.56 Å². The normalized spacial score (nSPS) is 10.8. The molecule has 0 aliphatic heterocycles. The number of benzene rings is 1. The van der Waals surface area contributed by atoms with E-state index in [2.05, 4.69) is 12.6 Å². The van der Waals surface area contributed by atoms with Gasteiger partial charge < -0.3 is 4.42 Å². The van der Waals surface area contributed by atoms with E-state index in [9.17, 15) is 0 Å². The lowest BCUT2D eigenvalue weighted by Gasteiger charge is -1.86. The van der Waals surface area contributed by atoms with E-state index in [1.807, 2.05) is 18.2 Å². The molecule has 2 aromatic heterocycles. The number of fused-ring (bicyclic) bond motifs is 2. The van der Waals surface area contributed by atoms with Crippen LogP contribution < -0.4 is 0 Å². The van der Waals surface area contributed by atoms with Crippen molar-refractivity contribution in [3.63, 3.8) is 0 Å². The second kappa shape index (κ2) is 1.87. The third-order valence-electron chi connectivity index (χ3n) is 1.62. The summed E-state index contributed by atoms with van der Waals surface area (Å²) in [6.45, 7) is 3.66. The summed E-state index contributed by atoms with van der Waals surface area (Å²) in [4.78, 5) is 0. The molecule has 2 rings (SSSR count). The Morgan fingerprint density at radius 1 is 1.50 bits per heavy atom. The summed E-state index contributed by atoms with van der Waals surface area (Å²) in [5.74, 6) is 0. The van der Waals surface area contributed by atoms with Crippen molar-refractivity contribution >= 4 is 11.2 Å². The van der Waals surface area contributed by atoms with Crippen LogP contribution in [0, 0.1) is 0 Å². The highest BCUT2D eigenvalue weighted by Crippen LogP contribution is 2.22. The Balaban J connectivity index is 2.51. The summed E-state index contributed by atoms with van der Waals surface area (Å²) >= 11 is 0. The zero-order valence-electron chi connectivity index (χ0n) is 5.63. The van der Waals surface area contributed by atoms with E-state index >= 15 is 0 Å². The fourth-order valence-corrected chi connectivity index (χ4v) is 1.16. The molecule has 2 aromatic rings. The molecule has 0 aromatic carbocycles. The molecule has 0 amide bonds. The maximum absolute atomic E-state index is 5.32. The minimum Gasteiger partial charge on any atom is -0.457 e. The lowest BCUT2D eigenvalue weighted by atomic mass is 10.2. The second-order valence-electron chi connectivity index (χ2n) is 2.36. The van der Waals surface area contributed by atoms with Crippen LogP contribution in [0.25, 0.3) is 11.2 Å². The zero-order chi connectivity index (χ0) is 6.97. The number of hydrogen-bond donors (Lipinski definition) is 0. The SMILES string of the molecule is C=CCc1cc2ccc1o2. The van der Waals surface area contributed by atoms with Crippen LogP contribution in [0.3, 0.4) is 0 Å². The Morgan fingerprint density at radius 2 is 2.40 bits per heavy atom. The van der Waals surface area contributed by atoms with Gasteiger partial charge in [-0.3, -0.25) is 0 Å². The summed E-state index contributed by atoms with van der Waals surface area (Å²) < 4.78 is 5.32. The first-order chi connectivity index (χ1) is 4.90. The summed E-state index contributed by atoms with van der Waals surface area (Å²) in [6, 6.07) is 6.02. The maximum Gasteiger partial charge on any atom is 0.131 e. The molecule has 0 spiro atoms. The minimum atomic E-state index is 0.906. The quantitative estimate of drug-likeness (QED) is 0.572. The van der Waals surface area contributed by atoms with Crippen LogP contribution in [0.15, 0.2) is 35.3 Å². The summed E-state index contributed by atoms with van der Waals surface area (Å²) in [7, 11) is 0. The average molecular weight is 132 g/mol. The van der Waals surface area contributed by atoms with Crippen LogP contribution in [0.4, 0.5) is 0 Å². The van der Waals surface area contributed by atoms with E-state index in [0.29, 0.717) is 0 Å². The third kappa shape index (κ3) is 0.637. The van der Waals surface area contributed by atoms with Gasteiger partial charge in [-0.15, -0.1) is 6.58 Å². The van der Waals surface area contributed by atoms with Crippen molar-refractivity contribution < 1.29 is 4.42 Å². The Morgan fingerprint density at radius 3 is 2.90 bits per heavy atom. The highest BCUT2D eigenvalue weighted by molar-refractivity contribution is 5.65. The predicted molar refractivity (Wildman–Crippen MR) is 41.3 cm³/mol. The number of rotatable bonds is 2. The summed E-state index contributed by atoms with van der Waals surface area (Å²) in [5, 5.41) is 0. The van der Waals surface area contributed by atoms with E-state index < -0.39 is 0 Å². The Kier molecular flexibility index (Phi) is 1.04. The Labute approximate surface area is 59.3 Å². The fraction of sp³-hybridized carbons (Fsp3) is 0.111. The van der Waals surface area contributed by atoms with Crippen molar-refractivity contribution in [1.82, 2.24) is 0 Å². The lowest BCUT2D eigenvalue weighted by molar-refractivity contribution is 0.673. The third-order valence-corrected chi connectivity index (χ3v) is 1.62. The van der Waals surface area contributed by atoms with Gasteiger partial charge in [0.05, 0.1) is 0 Å². The topological polar surface area (TPSA) is 13.1 Å². The van der Waals surface area contributed by atoms with Gasteiger partial charge in [-0.25, -0.2) is 0 Å². The maximum atomic E-state index is 5.32. The first-order valence-electron chi connectivity index (χ1n) is 3.32. The molecule has 10 heavy (non-hydrogen) atoms. The molecule has 0 atom stereocenters. The van der Waals surface area contributed by atoms with Crippen molar-refractivity contribution in [2.45, 2.75) is 6.42 Å².